The molecule has 0 aromatic heterocycles. The van der Waals surface area contributed by atoms with E-state index in [9.17, 15) is 0 Å². The molecule has 0 spiro atoms. The van der Waals surface area contributed by atoms with Crippen LogP contribution < -0.4 is 5.32 Å². The van der Waals surface area contributed by atoms with Crippen molar-refractivity contribution in [2.75, 3.05) is 0 Å². The molecule has 0 saturated heterocycles. The van der Waals surface area contributed by atoms with Gasteiger partial charge in [0.05, 0.1) is 0 Å². The summed E-state index contributed by atoms with van der Waals surface area (Å²) in [5.74, 6) is 0. The fraction of sp³-hybridized carbons (Fsp3) is 1.00. The molecule has 0 aliphatic rings. The Hall–Kier alpha value is -0.0400. The number of rotatable bonds is 2. The van der Waals surface area contributed by atoms with Crippen molar-refractivity contribution in [1.82, 2.24) is 5.32 Å². The van der Waals surface area contributed by atoms with Crippen molar-refractivity contribution >= 4 is 0 Å². The zero-order valence-electron chi connectivity index (χ0n) is 10.7. The van der Waals surface area contributed by atoms with Gasteiger partial charge >= 0.3 is 0 Å². The van der Waals surface area contributed by atoms with E-state index >= 15 is 0 Å². The van der Waals surface area contributed by atoms with Crippen LogP contribution in [0.3, 0.4) is 0 Å². The van der Waals surface area contributed by atoms with Crippen LogP contribution in [0.2, 0.25) is 0 Å². The van der Waals surface area contributed by atoms with Crippen molar-refractivity contribution < 1.29 is 0 Å². The van der Waals surface area contributed by atoms with Crippen molar-refractivity contribution in [3.8, 4) is 0 Å². The van der Waals surface area contributed by atoms with Crippen LogP contribution in [0.1, 0.15) is 61.8 Å². The van der Waals surface area contributed by atoms with E-state index in [1.807, 2.05) is 0 Å². The predicted molar refractivity (Wildman–Crippen MR) is 61.0 cm³/mol. The van der Waals surface area contributed by atoms with E-state index in [4.69, 9.17) is 0 Å². The molecule has 0 saturated carbocycles. The van der Waals surface area contributed by atoms with Crippen molar-refractivity contribution in [3.63, 3.8) is 0 Å². The van der Waals surface area contributed by atoms with Crippen LogP contribution in [-0.2, 0) is 0 Å². The average molecular weight is 185 g/mol. The van der Waals surface area contributed by atoms with Gasteiger partial charge in [0.2, 0.25) is 0 Å². The van der Waals surface area contributed by atoms with E-state index < -0.39 is 0 Å². The van der Waals surface area contributed by atoms with Gasteiger partial charge in [-0.15, -0.1) is 0 Å². The summed E-state index contributed by atoms with van der Waals surface area (Å²) in [5, 5.41) is 3.65. The topological polar surface area (TPSA) is 12.0 Å². The smallest absolute Gasteiger partial charge is 0.0134 e. The fourth-order valence-electron chi connectivity index (χ4n) is 2.39. The third-order valence-electron chi connectivity index (χ3n) is 1.69. The lowest BCUT2D eigenvalue weighted by atomic mass is 9.81. The lowest BCUT2D eigenvalue weighted by Gasteiger charge is -2.39. The van der Waals surface area contributed by atoms with Gasteiger partial charge in [-0.1, -0.05) is 20.8 Å². The largest absolute Gasteiger partial charge is 0.307 e. The first-order valence-electron chi connectivity index (χ1n) is 5.21. The van der Waals surface area contributed by atoms with Crippen LogP contribution in [-0.4, -0.2) is 11.1 Å². The summed E-state index contributed by atoms with van der Waals surface area (Å²) in [6.07, 6.45) is 1.19. The van der Waals surface area contributed by atoms with Crippen LogP contribution in [0.5, 0.6) is 0 Å². The summed E-state index contributed by atoms with van der Waals surface area (Å²) in [6, 6.07) is 0. The number of hydrogen-bond acceptors (Lipinski definition) is 1. The molecular formula is C12H27N. The van der Waals surface area contributed by atoms with Crippen LogP contribution in [0, 0.1) is 5.41 Å². The van der Waals surface area contributed by atoms with Gasteiger partial charge in [-0.3, -0.25) is 0 Å². The fourth-order valence-corrected chi connectivity index (χ4v) is 2.39. The molecule has 0 aromatic carbocycles. The molecule has 0 amide bonds. The molecular weight excluding hydrogens is 158 g/mol. The normalized spacial score (nSPS) is 14.8. The zero-order valence-corrected chi connectivity index (χ0v) is 10.7. The van der Waals surface area contributed by atoms with Crippen LogP contribution >= 0.6 is 0 Å². The molecule has 0 atom stereocenters. The quantitative estimate of drug-likeness (QED) is 0.693. The Morgan fingerprint density at radius 3 is 1.38 bits per heavy atom. The molecule has 1 nitrogen and oxygen atoms in total. The Bertz CT molecular complexity index is 137. The van der Waals surface area contributed by atoms with E-state index in [0.29, 0.717) is 5.41 Å². The van der Waals surface area contributed by atoms with E-state index in [-0.39, 0.29) is 11.1 Å². The van der Waals surface area contributed by atoms with Crippen molar-refractivity contribution in [2.24, 2.45) is 5.41 Å². The highest BCUT2D eigenvalue weighted by Crippen LogP contribution is 2.28. The highest BCUT2D eigenvalue weighted by Gasteiger charge is 2.28. The molecule has 1 heteroatoms. The summed E-state index contributed by atoms with van der Waals surface area (Å²) in [7, 11) is 0. The number of hydrogen-bond donors (Lipinski definition) is 1. The van der Waals surface area contributed by atoms with Gasteiger partial charge in [0.25, 0.3) is 0 Å². The molecule has 1 N–H and O–H groups in total. The minimum atomic E-state index is 0.203. The van der Waals surface area contributed by atoms with Gasteiger partial charge in [-0.2, -0.15) is 0 Å². The van der Waals surface area contributed by atoms with Gasteiger partial charge in [-0.25, -0.2) is 0 Å². The average Bonchev–Trinajstić information content (AvgIpc) is 1.43. The highest BCUT2D eigenvalue weighted by atomic mass is 15.0. The minimum Gasteiger partial charge on any atom is -0.307 e. The molecule has 0 rings (SSSR count). The first kappa shape index (κ1) is 13.0. The lowest BCUT2D eigenvalue weighted by molar-refractivity contribution is 0.199. The molecule has 0 bridgehead atoms. The Morgan fingerprint density at radius 1 is 0.769 bits per heavy atom. The van der Waals surface area contributed by atoms with E-state index in [1.54, 1.807) is 0 Å². The van der Waals surface area contributed by atoms with Crippen molar-refractivity contribution in [2.45, 2.75) is 72.9 Å². The molecule has 0 radical (unpaired) electrons. The van der Waals surface area contributed by atoms with E-state index in [1.165, 1.54) is 6.42 Å². The molecule has 0 unspecified atom stereocenters. The Balaban J connectivity index is 4.25. The Labute approximate surface area is 84.3 Å². The molecule has 0 aromatic rings. The van der Waals surface area contributed by atoms with Gasteiger partial charge < -0.3 is 5.32 Å². The standard InChI is InChI=1S/C12H27N/c1-10(2,3)9-12(7,8)13-11(4,5)6/h13H,9H2,1-8H3. The van der Waals surface area contributed by atoms with E-state index in [0.717, 1.165) is 0 Å². The second-order valence-electron chi connectivity index (χ2n) is 7.00. The third kappa shape index (κ3) is 8.29. The summed E-state index contributed by atoms with van der Waals surface area (Å²) < 4.78 is 0. The molecule has 0 fully saturated rings. The van der Waals surface area contributed by atoms with Crippen LogP contribution in [0.25, 0.3) is 0 Å². The summed E-state index contributed by atoms with van der Waals surface area (Å²) >= 11 is 0. The maximum atomic E-state index is 3.65. The van der Waals surface area contributed by atoms with E-state index in [2.05, 4.69) is 60.7 Å². The molecule has 0 aliphatic heterocycles. The van der Waals surface area contributed by atoms with Crippen LogP contribution in [0.4, 0.5) is 0 Å². The lowest BCUT2D eigenvalue weighted by Crippen LogP contribution is -2.51. The molecule has 0 aliphatic carbocycles. The monoisotopic (exact) mass is 185 g/mol. The summed E-state index contributed by atoms with van der Waals surface area (Å²) in [5.41, 5.74) is 0.812. The zero-order chi connectivity index (χ0) is 10.9. The molecule has 0 heterocycles. The molecule has 13 heavy (non-hydrogen) atoms. The second-order valence-corrected chi connectivity index (χ2v) is 7.00. The van der Waals surface area contributed by atoms with Gasteiger partial charge in [0.15, 0.2) is 0 Å². The number of nitrogens with one attached hydrogen (secondary N) is 1. The SMILES string of the molecule is CC(C)(C)CC(C)(C)NC(C)(C)C. The maximum Gasteiger partial charge on any atom is 0.0134 e. The van der Waals surface area contributed by atoms with Crippen LogP contribution in [0.15, 0.2) is 0 Å². The Morgan fingerprint density at radius 2 is 1.15 bits per heavy atom. The first-order chi connectivity index (χ1) is 5.41. The first-order valence-corrected chi connectivity index (χ1v) is 5.21. The summed E-state index contributed by atoms with van der Waals surface area (Å²) in [4.78, 5) is 0. The van der Waals surface area contributed by atoms with Gasteiger partial charge in [0, 0.05) is 11.1 Å². The van der Waals surface area contributed by atoms with Crippen molar-refractivity contribution in [3.05, 3.63) is 0 Å². The molecule has 80 valence electrons. The Kier molecular flexibility index (Phi) is 3.59. The maximum absolute atomic E-state index is 3.65. The third-order valence-corrected chi connectivity index (χ3v) is 1.69. The van der Waals surface area contributed by atoms with Crippen molar-refractivity contribution in [1.29, 1.82) is 0 Å². The second kappa shape index (κ2) is 3.61. The minimum absolute atomic E-state index is 0.203. The summed E-state index contributed by atoms with van der Waals surface area (Å²) in [6.45, 7) is 18.1. The highest BCUT2D eigenvalue weighted by molar-refractivity contribution is 4.88. The van der Waals surface area contributed by atoms with Gasteiger partial charge in [-0.05, 0) is 46.5 Å². The predicted octanol–water partition coefficient (Wildman–Crippen LogP) is 3.59. The van der Waals surface area contributed by atoms with Gasteiger partial charge in [0.1, 0.15) is 0 Å².